The van der Waals surface area contributed by atoms with Gasteiger partial charge in [-0.3, -0.25) is 0 Å². The number of aromatic nitrogens is 2. The first-order chi connectivity index (χ1) is 9.65. The van der Waals surface area contributed by atoms with Crippen molar-refractivity contribution in [2.45, 2.75) is 43.4 Å². The largest absolute Gasteiger partial charge is 0.323 e. The van der Waals surface area contributed by atoms with Crippen molar-refractivity contribution < 1.29 is 0 Å². The van der Waals surface area contributed by atoms with Gasteiger partial charge in [-0.25, -0.2) is 4.98 Å². The lowest BCUT2D eigenvalue weighted by atomic mass is 10.2. The Hall–Kier alpha value is -1.91. The Morgan fingerprint density at radius 3 is 2.70 bits per heavy atom. The minimum atomic E-state index is -0.209. The van der Waals surface area contributed by atoms with Gasteiger partial charge in [0, 0.05) is 28.2 Å². The Kier molecular flexibility index (Phi) is 4.71. The van der Waals surface area contributed by atoms with E-state index in [0.717, 1.165) is 22.3 Å². The monoisotopic (exact) mass is 287 g/mol. The van der Waals surface area contributed by atoms with Crippen LogP contribution in [-0.4, -0.2) is 9.55 Å². The van der Waals surface area contributed by atoms with Crippen LogP contribution in [0, 0.1) is 6.92 Å². The summed E-state index contributed by atoms with van der Waals surface area (Å²) in [5.74, 6) is 0. The molecule has 0 amide bonds. The molecule has 0 fully saturated rings. The molecule has 0 saturated carbocycles. The maximum Gasteiger partial charge on any atom is 0.173 e. The van der Waals surface area contributed by atoms with Gasteiger partial charge in [0.2, 0.25) is 0 Å². The van der Waals surface area contributed by atoms with Gasteiger partial charge in [-0.15, -0.1) is 0 Å². The number of aryl methyl sites for hydroxylation is 1. The fourth-order valence-corrected chi connectivity index (χ4v) is 2.89. The number of benzene rings is 1. The highest BCUT2D eigenvalue weighted by atomic mass is 32.2. The molecule has 0 aliphatic rings. The smallest absolute Gasteiger partial charge is 0.173 e. The minimum absolute atomic E-state index is 0.209. The quantitative estimate of drug-likeness (QED) is 0.453. The van der Waals surface area contributed by atoms with Crippen molar-refractivity contribution >= 4 is 11.8 Å². The van der Waals surface area contributed by atoms with Gasteiger partial charge < -0.3 is 4.57 Å². The fraction of sp³-hybridized carbons (Fsp3) is 0.357. The van der Waals surface area contributed by atoms with Crippen molar-refractivity contribution in [3.8, 4) is 0 Å². The van der Waals surface area contributed by atoms with Crippen LogP contribution >= 0.6 is 11.8 Å². The summed E-state index contributed by atoms with van der Waals surface area (Å²) < 4.78 is 2.09. The summed E-state index contributed by atoms with van der Waals surface area (Å²) in [7, 11) is 0. The third-order valence-electron chi connectivity index (χ3n) is 3.05. The predicted octanol–water partition coefficient (Wildman–Crippen LogP) is 4.73. The number of imidazole rings is 1. The average molecular weight is 287 g/mol. The summed E-state index contributed by atoms with van der Waals surface area (Å²) in [6.07, 6.45) is 1.79. The van der Waals surface area contributed by atoms with Crippen molar-refractivity contribution in [3.05, 3.63) is 52.2 Å². The Morgan fingerprint density at radius 1 is 1.40 bits per heavy atom. The van der Waals surface area contributed by atoms with Crippen LogP contribution in [0.1, 0.15) is 31.1 Å². The first kappa shape index (κ1) is 14.5. The highest BCUT2D eigenvalue weighted by Gasteiger charge is 2.14. The first-order valence-electron chi connectivity index (χ1n) is 6.49. The number of azide groups is 1. The second-order valence-electron chi connectivity index (χ2n) is 4.51. The number of hydrogen-bond donors (Lipinski definition) is 0. The Balaban J connectivity index is 2.28. The molecule has 1 atom stereocenters. The van der Waals surface area contributed by atoms with Gasteiger partial charge in [-0.05, 0) is 31.5 Å². The Bertz CT molecular complexity index is 626. The van der Waals surface area contributed by atoms with E-state index in [1.165, 1.54) is 5.56 Å². The van der Waals surface area contributed by atoms with Crippen molar-refractivity contribution in [2.75, 3.05) is 0 Å². The molecule has 0 spiro atoms. The van der Waals surface area contributed by atoms with Crippen LogP contribution < -0.4 is 0 Å². The zero-order valence-electron chi connectivity index (χ0n) is 11.8. The molecule has 0 radical (unpaired) electrons. The Morgan fingerprint density at radius 2 is 2.10 bits per heavy atom. The summed E-state index contributed by atoms with van der Waals surface area (Å²) in [5, 5.41) is 4.67. The van der Waals surface area contributed by atoms with Gasteiger partial charge in [0.25, 0.3) is 0 Å². The predicted molar refractivity (Wildman–Crippen MR) is 80.8 cm³/mol. The lowest BCUT2D eigenvalue weighted by molar-refractivity contribution is 0.609. The van der Waals surface area contributed by atoms with Crippen molar-refractivity contribution in [1.82, 2.24) is 9.55 Å². The summed E-state index contributed by atoms with van der Waals surface area (Å²) >= 11 is 1.62. The van der Waals surface area contributed by atoms with E-state index < -0.39 is 0 Å². The van der Waals surface area contributed by atoms with E-state index in [1.54, 1.807) is 18.0 Å². The zero-order valence-corrected chi connectivity index (χ0v) is 12.6. The summed E-state index contributed by atoms with van der Waals surface area (Å²) in [4.78, 5) is 8.47. The third kappa shape index (κ3) is 3.15. The molecule has 0 aliphatic carbocycles. The Labute approximate surface area is 122 Å². The molecule has 20 heavy (non-hydrogen) atoms. The van der Waals surface area contributed by atoms with Crippen LogP contribution in [0.4, 0.5) is 0 Å². The van der Waals surface area contributed by atoms with E-state index in [9.17, 15) is 0 Å². The molecular weight excluding hydrogens is 270 g/mol. The maximum atomic E-state index is 8.55. The average Bonchev–Trinajstić information content (AvgIpc) is 2.84. The van der Waals surface area contributed by atoms with Crippen molar-refractivity contribution in [1.29, 1.82) is 0 Å². The first-order valence-corrected chi connectivity index (χ1v) is 7.31. The number of hydrogen-bond acceptors (Lipinski definition) is 3. The molecule has 2 aromatic rings. The molecule has 2 rings (SSSR count). The van der Waals surface area contributed by atoms with Gasteiger partial charge in [0.05, 0.1) is 6.04 Å². The summed E-state index contributed by atoms with van der Waals surface area (Å²) in [6, 6.07) is 8.15. The molecule has 6 heteroatoms. The van der Waals surface area contributed by atoms with E-state index in [2.05, 4.69) is 57.7 Å². The second-order valence-corrected chi connectivity index (χ2v) is 5.55. The van der Waals surface area contributed by atoms with E-state index in [4.69, 9.17) is 5.53 Å². The minimum Gasteiger partial charge on any atom is -0.323 e. The molecule has 1 aromatic carbocycles. The molecule has 0 aliphatic heterocycles. The molecule has 1 heterocycles. The molecule has 0 saturated heterocycles. The van der Waals surface area contributed by atoms with Gasteiger partial charge in [0.15, 0.2) is 5.16 Å². The number of nitrogens with zero attached hydrogens (tertiary/aromatic N) is 5. The standard InChI is InChI=1S/C14H17N5S/c1-4-19-13(11(3)17-18-15)9-16-14(19)20-12-7-5-10(2)6-8-12/h5-9,11H,4H2,1-3H3. The van der Waals surface area contributed by atoms with Gasteiger partial charge in [0.1, 0.15) is 0 Å². The van der Waals surface area contributed by atoms with E-state index >= 15 is 0 Å². The van der Waals surface area contributed by atoms with Crippen LogP contribution in [0.2, 0.25) is 0 Å². The molecule has 104 valence electrons. The highest BCUT2D eigenvalue weighted by molar-refractivity contribution is 7.99. The van der Waals surface area contributed by atoms with Gasteiger partial charge in [-0.1, -0.05) is 41.5 Å². The zero-order chi connectivity index (χ0) is 14.5. The van der Waals surface area contributed by atoms with Crippen molar-refractivity contribution in [3.63, 3.8) is 0 Å². The van der Waals surface area contributed by atoms with Crippen LogP contribution in [0.3, 0.4) is 0 Å². The summed E-state index contributed by atoms with van der Waals surface area (Å²) in [5.41, 5.74) is 10.7. The fourth-order valence-electron chi connectivity index (χ4n) is 1.95. The van der Waals surface area contributed by atoms with E-state index in [-0.39, 0.29) is 6.04 Å². The lowest BCUT2D eigenvalue weighted by Crippen LogP contribution is -2.03. The summed E-state index contributed by atoms with van der Waals surface area (Å²) in [6.45, 7) is 6.81. The third-order valence-corrected chi connectivity index (χ3v) is 4.07. The van der Waals surface area contributed by atoms with Gasteiger partial charge >= 0.3 is 0 Å². The van der Waals surface area contributed by atoms with E-state index in [1.807, 2.05) is 6.92 Å². The molecule has 1 aromatic heterocycles. The molecular formula is C14H17N5S. The van der Waals surface area contributed by atoms with Crippen LogP contribution in [0.5, 0.6) is 0 Å². The molecule has 5 nitrogen and oxygen atoms in total. The molecule has 0 N–H and O–H groups in total. The van der Waals surface area contributed by atoms with Crippen LogP contribution in [0.25, 0.3) is 10.4 Å². The van der Waals surface area contributed by atoms with Crippen molar-refractivity contribution in [2.24, 2.45) is 5.11 Å². The SMILES string of the molecule is CCn1c(C(C)N=[N+]=[N-])cnc1Sc1ccc(C)cc1. The van der Waals surface area contributed by atoms with Gasteiger partial charge in [-0.2, -0.15) is 0 Å². The van der Waals surface area contributed by atoms with Crippen LogP contribution in [0.15, 0.2) is 45.6 Å². The van der Waals surface area contributed by atoms with E-state index in [0.29, 0.717) is 0 Å². The number of rotatable bonds is 5. The molecule has 0 bridgehead atoms. The normalized spacial score (nSPS) is 11.9. The lowest BCUT2D eigenvalue weighted by Gasteiger charge is -2.11. The second kappa shape index (κ2) is 6.50. The maximum absolute atomic E-state index is 8.55. The molecule has 1 unspecified atom stereocenters. The van der Waals surface area contributed by atoms with Crippen LogP contribution in [-0.2, 0) is 6.54 Å². The topological polar surface area (TPSA) is 66.6 Å². The highest BCUT2D eigenvalue weighted by Crippen LogP contribution is 2.30.